The molecular weight excluding hydrogens is 232 g/mol. The minimum atomic E-state index is 1.02. The van der Waals surface area contributed by atoms with Gasteiger partial charge in [0.2, 0.25) is 0 Å². The normalized spacial score (nSPS) is 10.6. The van der Waals surface area contributed by atoms with E-state index in [-0.39, 0.29) is 0 Å². The van der Waals surface area contributed by atoms with Crippen molar-refractivity contribution in [2.75, 3.05) is 0 Å². The predicted octanol–water partition coefficient (Wildman–Crippen LogP) is 4.06. The van der Waals surface area contributed by atoms with Gasteiger partial charge >= 0.3 is 0 Å². The van der Waals surface area contributed by atoms with Crippen molar-refractivity contribution in [2.45, 2.75) is 6.92 Å². The second-order valence-corrected chi connectivity index (χ2v) is 4.77. The molecule has 0 aliphatic heterocycles. The van der Waals surface area contributed by atoms with Gasteiger partial charge in [-0.25, -0.2) is 0 Å². The minimum absolute atomic E-state index is 1.02. The van der Waals surface area contributed by atoms with Gasteiger partial charge < -0.3 is 0 Å². The Morgan fingerprint density at radius 2 is 1.53 bits per heavy atom. The number of benzene rings is 2. The zero-order valence-corrected chi connectivity index (χ0v) is 11.2. The van der Waals surface area contributed by atoms with Crippen molar-refractivity contribution < 1.29 is 0 Å². The third-order valence-corrected chi connectivity index (χ3v) is 3.30. The number of hydrogen-bond acceptors (Lipinski definition) is 1. The zero-order valence-electron chi connectivity index (χ0n) is 11.2. The largest absolute Gasteiger partial charge is 0.267 e. The van der Waals surface area contributed by atoms with Gasteiger partial charge in [0.05, 0.1) is 11.4 Å². The van der Waals surface area contributed by atoms with E-state index in [0.717, 1.165) is 17.0 Å². The summed E-state index contributed by atoms with van der Waals surface area (Å²) in [5.41, 5.74) is 5.76. The van der Waals surface area contributed by atoms with Crippen LogP contribution in [0.4, 0.5) is 0 Å². The Morgan fingerprint density at radius 3 is 2.21 bits per heavy atom. The lowest BCUT2D eigenvalue weighted by Crippen LogP contribution is -1.93. The van der Waals surface area contributed by atoms with Crippen LogP contribution < -0.4 is 0 Å². The van der Waals surface area contributed by atoms with Gasteiger partial charge in [0.1, 0.15) is 0 Å². The molecule has 2 aromatic carbocycles. The van der Waals surface area contributed by atoms with Crippen LogP contribution in [-0.4, -0.2) is 9.78 Å². The fraction of sp³-hybridized carbons (Fsp3) is 0.118. The highest BCUT2D eigenvalue weighted by molar-refractivity contribution is 5.68. The molecule has 0 atom stereocenters. The van der Waals surface area contributed by atoms with Crippen molar-refractivity contribution in [1.82, 2.24) is 9.78 Å². The molecular formula is C17H16N2. The lowest BCUT2D eigenvalue weighted by atomic mass is 10.1. The molecule has 1 heterocycles. The van der Waals surface area contributed by atoms with Crippen LogP contribution in [0.1, 0.15) is 5.56 Å². The van der Waals surface area contributed by atoms with E-state index in [1.165, 1.54) is 11.1 Å². The Balaban J connectivity index is 2.04. The number of hydrogen-bond donors (Lipinski definition) is 0. The van der Waals surface area contributed by atoms with Crippen LogP contribution in [0.2, 0.25) is 0 Å². The lowest BCUT2D eigenvalue weighted by Gasteiger charge is -1.99. The quantitative estimate of drug-likeness (QED) is 0.668. The summed E-state index contributed by atoms with van der Waals surface area (Å²) in [7, 11) is 1.99. The van der Waals surface area contributed by atoms with Gasteiger partial charge in [-0.05, 0) is 18.6 Å². The van der Waals surface area contributed by atoms with Gasteiger partial charge in [-0.3, -0.25) is 4.68 Å². The topological polar surface area (TPSA) is 17.8 Å². The van der Waals surface area contributed by atoms with Crippen LogP contribution in [0.5, 0.6) is 0 Å². The Bertz CT molecular complexity index is 679. The van der Waals surface area contributed by atoms with E-state index in [1.54, 1.807) is 0 Å². The summed E-state index contributed by atoms with van der Waals surface area (Å²) in [6.45, 7) is 2.09. The fourth-order valence-corrected chi connectivity index (χ4v) is 2.21. The number of aryl methyl sites for hydroxylation is 2. The first-order chi connectivity index (χ1) is 9.24. The lowest BCUT2D eigenvalue weighted by molar-refractivity contribution is 0.779. The smallest absolute Gasteiger partial charge is 0.0929 e. The van der Waals surface area contributed by atoms with E-state index >= 15 is 0 Å². The van der Waals surface area contributed by atoms with Gasteiger partial charge in [0.15, 0.2) is 0 Å². The van der Waals surface area contributed by atoms with Gasteiger partial charge in [0.25, 0.3) is 0 Å². The molecule has 0 saturated heterocycles. The summed E-state index contributed by atoms with van der Waals surface area (Å²) >= 11 is 0. The Labute approximate surface area is 113 Å². The molecule has 3 aromatic rings. The molecule has 0 fully saturated rings. The van der Waals surface area contributed by atoms with Crippen LogP contribution in [0.15, 0.2) is 60.7 Å². The molecule has 2 heteroatoms. The van der Waals surface area contributed by atoms with Crippen molar-refractivity contribution >= 4 is 0 Å². The van der Waals surface area contributed by atoms with Crippen LogP contribution in [0, 0.1) is 6.92 Å². The van der Waals surface area contributed by atoms with Crippen molar-refractivity contribution in [1.29, 1.82) is 0 Å². The first-order valence-corrected chi connectivity index (χ1v) is 6.40. The van der Waals surface area contributed by atoms with Gasteiger partial charge in [-0.1, -0.05) is 60.2 Å². The Kier molecular flexibility index (Phi) is 2.92. The first-order valence-electron chi connectivity index (χ1n) is 6.40. The zero-order chi connectivity index (χ0) is 13.2. The Morgan fingerprint density at radius 1 is 0.842 bits per heavy atom. The average molecular weight is 248 g/mol. The van der Waals surface area contributed by atoms with E-state index in [2.05, 4.69) is 54.5 Å². The molecule has 3 rings (SSSR count). The molecule has 0 saturated carbocycles. The summed E-state index contributed by atoms with van der Waals surface area (Å²) in [6, 6.07) is 21.0. The van der Waals surface area contributed by atoms with Gasteiger partial charge in [-0.2, -0.15) is 5.10 Å². The summed E-state index contributed by atoms with van der Waals surface area (Å²) in [5.74, 6) is 0. The summed E-state index contributed by atoms with van der Waals surface area (Å²) < 4.78 is 1.94. The molecule has 0 aliphatic carbocycles. The third kappa shape index (κ3) is 2.29. The third-order valence-electron chi connectivity index (χ3n) is 3.30. The maximum absolute atomic E-state index is 4.60. The van der Waals surface area contributed by atoms with Gasteiger partial charge in [-0.15, -0.1) is 0 Å². The second-order valence-electron chi connectivity index (χ2n) is 4.77. The average Bonchev–Trinajstić information content (AvgIpc) is 2.83. The highest BCUT2D eigenvalue weighted by Gasteiger charge is 2.08. The second kappa shape index (κ2) is 4.73. The van der Waals surface area contributed by atoms with Crippen LogP contribution in [0.3, 0.4) is 0 Å². The highest BCUT2D eigenvalue weighted by atomic mass is 15.3. The minimum Gasteiger partial charge on any atom is -0.267 e. The molecule has 0 aliphatic rings. The van der Waals surface area contributed by atoms with E-state index in [0.29, 0.717) is 0 Å². The molecule has 0 radical (unpaired) electrons. The molecule has 0 bridgehead atoms. The van der Waals surface area contributed by atoms with Gasteiger partial charge in [0, 0.05) is 12.6 Å². The van der Waals surface area contributed by atoms with Crippen LogP contribution in [0.25, 0.3) is 22.5 Å². The molecule has 0 spiro atoms. The molecule has 0 amide bonds. The number of rotatable bonds is 2. The standard InChI is InChI=1S/C17H16N2/c1-13-8-10-14(11-9-13)16-12-17(19(2)18-16)15-6-4-3-5-7-15/h3-12H,1-2H3. The van der Waals surface area contributed by atoms with E-state index in [1.807, 2.05) is 29.9 Å². The van der Waals surface area contributed by atoms with E-state index in [9.17, 15) is 0 Å². The van der Waals surface area contributed by atoms with Crippen molar-refractivity contribution in [2.24, 2.45) is 7.05 Å². The highest BCUT2D eigenvalue weighted by Crippen LogP contribution is 2.25. The molecule has 0 unspecified atom stereocenters. The molecule has 94 valence electrons. The first kappa shape index (κ1) is 11.7. The van der Waals surface area contributed by atoms with E-state index < -0.39 is 0 Å². The number of aromatic nitrogens is 2. The molecule has 0 N–H and O–H groups in total. The summed E-state index contributed by atoms with van der Waals surface area (Å²) in [4.78, 5) is 0. The Hall–Kier alpha value is -2.35. The fourth-order valence-electron chi connectivity index (χ4n) is 2.21. The maximum Gasteiger partial charge on any atom is 0.0929 e. The van der Waals surface area contributed by atoms with Crippen LogP contribution >= 0.6 is 0 Å². The summed E-state index contributed by atoms with van der Waals surface area (Å²) in [5, 5.41) is 4.60. The van der Waals surface area contributed by atoms with Crippen LogP contribution in [-0.2, 0) is 7.05 Å². The predicted molar refractivity (Wildman–Crippen MR) is 78.8 cm³/mol. The van der Waals surface area contributed by atoms with Crippen molar-refractivity contribution in [3.05, 3.63) is 66.2 Å². The molecule has 1 aromatic heterocycles. The van der Waals surface area contributed by atoms with Crippen molar-refractivity contribution in [3.8, 4) is 22.5 Å². The molecule has 2 nitrogen and oxygen atoms in total. The summed E-state index contributed by atoms with van der Waals surface area (Å²) in [6.07, 6.45) is 0. The van der Waals surface area contributed by atoms with E-state index in [4.69, 9.17) is 0 Å². The maximum atomic E-state index is 4.60. The molecule has 19 heavy (non-hydrogen) atoms. The van der Waals surface area contributed by atoms with Crippen molar-refractivity contribution in [3.63, 3.8) is 0 Å². The monoisotopic (exact) mass is 248 g/mol. The SMILES string of the molecule is Cc1ccc(-c2cc(-c3ccccc3)n(C)n2)cc1. The number of nitrogens with zero attached hydrogens (tertiary/aromatic N) is 2.